The summed E-state index contributed by atoms with van der Waals surface area (Å²) < 4.78 is 13.5. The van der Waals surface area contributed by atoms with Crippen LogP contribution in [0.15, 0.2) is 36.4 Å². The number of benzene rings is 2. The second-order valence-electron chi connectivity index (χ2n) is 12.1. The standard InChI is InChI=1S/C17H15Cl2N3O4S.C17H15ClFN3O4S/c18-9-5-6-11(10(7-9)13(23)8-3-1-2-4-8)20-16(26)22-17-21-12(15(24)25)14(19)27-17;18-14-12(15(24)25)21-17(27-14)22-16(26)20-11-6-5-9(19)7-10(11)13(23)8-3-1-2-4-8/h2*5-8H,1-4H2,(H,24,25)(H2,20,21,22,26). The van der Waals surface area contributed by atoms with Crippen LogP contribution in [-0.2, 0) is 0 Å². The normalized spacial score (nSPS) is 14.1. The predicted octanol–water partition coefficient (Wildman–Crippen LogP) is 9.82. The fraction of sp³-hybridized carbons (Fsp3) is 0.294. The van der Waals surface area contributed by atoms with Crippen LogP contribution < -0.4 is 21.3 Å². The fourth-order valence-corrected chi connectivity index (χ4v) is 8.17. The van der Waals surface area contributed by atoms with Crippen molar-refractivity contribution in [2.75, 3.05) is 21.3 Å². The van der Waals surface area contributed by atoms with Gasteiger partial charge in [0, 0.05) is 28.0 Å². The number of hydrogen-bond donors (Lipinski definition) is 6. The molecule has 0 unspecified atom stereocenters. The molecule has 6 rings (SSSR count). The van der Waals surface area contributed by atoms with Gasteiger partial charge in [0.2, 0.25) is 0 Å². The van der Waals surface area contributed by atoms with Crippen LogP contribution in [0.5, 0.6) is 0 Å². The molecule has 2 heterocycles. The minimum Gasteiger partial charge on any atom is -0.476 e. The lowest BCUT2D eigenvalue weighted by molar-refractivity contribution is 0.0681. The maximum Gasteiger partial charge on any atom is 0.357 e. The number of nitrogens with zero attached hydrogens (tertiary/aromatic N) is 2. The Morgan fingerprint density at radius 3 is 1.44 bits per heavy atom. The Morgan fingerprint density at radius 1 is 0.630 bits per heavy atom. The van der Waals surface area contributed by atoms with Crippen molar-refractivity contribution < 1.29 is 43.4 Å². The lowest BCUT2D eigenvalue weighted by Gasteiger charge is -2.14. The number of hydrogen-bond acceptors (Lipinski definition) is 10. The fourth-order valence-electron chi connectivity index (χ4n) is 5.95. The van der Waals surface area contributed by atoms with Crippen LogP contribution in [-0.4, -0.2) is 55.7 Å². The van der Waals surface area contributed by atoms with E-state index in [1.807, 2.05) is 0 Å². The first kappa shape index (κ1) is 40.5. The van der Waals surface area contributed by atoms with Gasteiger partial charge in [-0.3, -0.25) is 20.2 Å². The summed E-state index contributed by atoms with van der Waals surface area (Å²) in [5.74, 6) is -3.66. The number of halogens is 4. The molecule has 2 aliphatic rings. The number of carbonyl (C=O) groups excluding carboxylic acids is 4. The number of aromatic carboxylic acids is 2. The largest absolute Gasteiger partial charge is 0.476 e. The second-order valence-corrected chi connectivity index (χ2v) is 15.8. The van der Waals surface area contributed by atoms with E-state index in [-0.39, 0.29) is 65.0 Å². The van der Waals surface area contributed by atoms with Gasteiger partial charge in [-0.25, -0.2) is 33.5 Å². The SMILES string of the molecule is O=C(Nc1nc(C(=O)O)c(Cl)s1)Nc1ccc(Cl)cc1C(=O)C1CCCC1.O=C(Nc1nc(C(=O)O)c(Cl)s1)Nc1ccc(F)cc1C(=O)C1CCCC1. The van der Waals surface area contributed by atoms with Crippen LogP contribution in [0.3, 0.4) is 0 Å². The van der Waals surface area contributed by atoms with Gasteiger partial charge in [0.1, 0.15) is 14.5 Å². The van der Waals surface area contributed by atoms with Crippen LogP contribution >= 0.6 is 57.5 Å². The Hall–Kier alpha value is -4.68. The molecule has 0 bridgehead atoms. The van der Waals surface area contributed by atoms with E-state index in [0.717, 1.165) is 86.2 Å². The molecule has 4 aromatic rings. The van der Waals surface area contributed by atoms with E-state index in [0.29, 0.717) is 16.3 Å². The molecule has 2 fully saturated rings. The van der Waals surface area contributed by atoms with Gasteiger partial charge < -0.3 is 20.8 Å². The molecule has 54 heavy (non-hydrogen) atoms. The van der Waals surface area contributed by atoms with E-state index < -0.39 is 29.8 Å². The molecule has 2 aromatic heterocycles. The number of Topliss-reactive ketones (excluding diaryl/α,β-unsaturated/α-hetero) is 2. The van der Waals surface area contributed by atoms with E-state index in [1.165, 1.54) is 6.07 Å². The maximum absolute atomic E-state index is 13.6. The van der Waals surface area contributed by atoms with Crippen LogP contribution in [0.2, 0.25) is 13.7 Å². The molecule has 0 aliphatic heterocycles. The molecular weight excluding hydrogens is 810 g/mol. The maximum atomic E-state index is 13.6. The Labute approximate surface area is 329 Å². The predicted molar refractivity (Wildman–Crippen MR) is 204 cm³/mol. The first-order chi connectivity index (χ1) is 25.7. The molecule has 2 saturated carbocycles. The number of amides is 4. The number of ketones is 2. The Balaban J connectivity index is 0.000000208. The lowest BCUT2D eigenvalue weighted by atomic mass is 9.95. The Morgan fingerprint density at radius 2 is 1.04 bits per heavy atom. The number of rotatable bonds is 10. The number of thiazole rings is 2. The van der Waals surface area contributed by atoms with Gasteiger partial charge >= 0.3 is 24.0 Å². The average molecular weight is 840 g/mol. The zero-order chi connectivity index (χ0) is 39.1. The average Bonchev–Trinajstić information content (AvgIpc) is 3.95. The third kappa shape index (κ3) is 10.3. The Bertz CT molecular complexity index is 1970. The van der Waals surface area contributed by atoms with Gasteiger partial charge in [-0.2, -0.15) is 0 Å². The smallest absolute Gasteiger partial charge is 0.357 e. The first-order valence-electron chi connectivity index (χ1n) is 16.3. The van der Waals surface area contributed by atoms with Gasteiger partial charge in [0.25, 0.3) is 0 Å². The summed E-state index contributed by atoms with van der Waals surface area (Å²) in [7, 11) is 0. The van der Waals surface area contributed by atoms with E-state index in [9.17, 15) is 33.2 Å². The number of aromatic nitrogens is 2. The molecule has 0 saturated heterocycles. The molecular formula is C34H30Cl3FN6O8S2. The van der Waals surface area contributed by atoms with Crippen LogP contribution in [0, 0.1) is 17.7 Å². The highest BCUT2D eigenvalue weighted by Gasteiger charge is 2.28. The molecule has 2 aliphatic carbocycles. The molecule has 0 radical (unpaired) electrons. The summed E-state index contributed by atoms with van der Waals surface area (Å²) in [5, 5.41) is 28.2. The van der Waals surface area contributed by atoms with Crippen LogP contribution in [0.25, 0.3) is 0 Å². The Kier molecular flexibility index (Phi) is 13.6. The van der Waals surface area contributed by atoms with Gasteiger partial charge in [0.15, 0.2) is 33.2 Å². The monoisotopic (exact) mass is 838 g/mol. The van der Waals surface area contributed by atoms with Crippen molar-refractivity contribution in [1.29, 1.82) is 0 Å². The van der Waals surface area contributed by atoms with Crippen molar-refractivity contribution >= 4 is 115 Å². The van der Waals surface area contributed by atoms with Gasteiger partial charge in [-0.05, 0) is 62.1 Å². The van der Waals surface area contributed by atoms with E-state index >= 15 is 0 Å². The minimum atomic E-state index is -1.31. The molecule has 0 atom stereocenters. The summed E-state index contributed by atoms with van der Waals surface area (Å²) in [6.45, 7) is 0. The molecule has 4 amide bonds. The summed E-state index contributed by atoms with van der Waals surface area (Å²) in [4.78, 5) is 79.3. The number of carboxylic acids is 2. The van der Waals surface area contributed by atoms with Crippen molar-refractivity contribution in [3.8, 4) is 0 Å². The zero-order valence-corrected chi connectivity index (χ0v) is 31.7. The van der Waals surface area contributed by atoms with Crippen molar-refractivity contribution in [3.05, 3.63) is 78.4 Å². The van der Waals surface area contributed by atoms with E-state index in [1.54, 1.807) is 18.2 Å². The first-order valence-corrected chi connectivity index (χ1v) is 19.1. The number of urea groups is 2. The van der Waals surface area contributed by atoms with E-state index in [4.69, 9.17) is 45.0 Å². The summed E-state index contributed by atoms with van der Waals surface area (Å²) in [5.41, 5.74) is 0.270. The van der Waals surface area contributed by atoms with Gasteiger partial charge in [-0.15, -0.1) is 0 Å². The third-order valence-electron chi connectivity index (χ3n) is 8.46. The number of carboxylic acid groups (broad SMARTS) is 2. The number of nitrogens with one attached hydrogen (secondary N) is 4. The molecule has 0 spiro atoms. The van der Waals surface area contributed by atoms with E-state index in [2.05, 4.69) is 31.2 Å². The molecule has 14 nitrogen and oxygen atoms in total. The zero-order valence-electron chi connectivity index (χ0n) is 27.8. The van der Waals surface area contributed by atoms with Crippen molar-refractivity contribution in [2.45, 2.75) is 51.4 Å². The number of carbonyl (C=O) groups is 6. The highest BCUT2D eigenvalue weighted by atomic mass is 35.5. The summed E-state index contributed by atoms with van der Waals surface area (Å²) in [6.07, 6.45) is 7.07. The number of anilines is 4. The quantitative estimate of drug-likeness (QED) is 0.0831. The van der Waals surface area contributed by atoms with Gasteiger partial charge in [-0.1, -0.05) is 83.2 Å². The third-order valence-corrected chi connectivity index (χ3v) is 11.0. The molecule has 20 heteroatoms. The van der Waals surface area contributed by atoms with Crippen molar-refractivity contribution in [2.24, 2.45) is 11.8 Å². The molecule has 2 aromatic carbocycles. The van der Waals surface area contributed by atoms with Gasteiger partial charge in [0.05, 0.1) is 11.4 Å². The summed E-state index contributed by atoms with van der Waals surface area (Å²) in [6, 6.07) is 6.83. The molecule has 6 N–H and O–H groups in total. The minimum absolute atomic E-state index is 0.0133. The highest BCUT2D eigenvalue weighted by molar-refractivity contribution is 7.20. The summed E-state index contributed by atoms with van der Waals surface area (Å²) >= 11 is 19.2. The second kappa shape index (κ2) is 18.1. The highest BCUT2D eigenvalue weighted by Crippen LogP contribution is 2.34. The lowest BCUT2D eigenvalue weighted by Crippen LogP contribution is -2.22. The van der Waals surface area contributed by atoms with Crippen LogP contribution in [0.4, 0.5) is 35.6 Å². The molecule has 284 valence electrons. The van der Waals surface area contributed by atoms with Crippen molar-refractivity contribution in [3.63, 3.8) is 0 Å². The van der Waals surface area contributed by atoms with Crippen LogP contribution in [0.1, 0.15) is 93.1 Å². The van der Waals surface area contributed by atoms with Crippen molar-refractivity contribution in [1.82, 2.24) is 9.97 Å². The topological polar surface area (TPSA) is 217 Å².